The van der Waals surface area contributed by atoms with E-state index < -0.39 is 16.0 Å². The lowest BCUT2D eigenvalue weighted by Gasteiger charge is -2.10. The summed E-state index contributed by atoms with van der Waals surface area (Å²) in [6.45, 7) is 1.82. The summed E-state index contributed by atoms with van der Waals surface area (Å²) in [7, 11) is -2.12. The molecule has 0 saturated heterocycles. The molecule has 0 spiro atoms. The van der Waals surface area contributed by atoms with E-state index in [0.717, 1.165) is 18.9 Å². The van der Waals surface area contributed by atoms with Crippen LogP contribution in [0.4, 0.5) is 0 Å². The molecule has 1 aliphatic carbocycles. The molecule has 17 heavy (non-hydrogen) atoms. The fourth-order valence-electron chi connectivity index (χ4n) is 1.57. The first-order valence-corrected chi connectivity index (χ1v) is 6.65. The van der Waals surface area contributed by atoms with Gasteiger partial charge < -0.3 is 9.67 Å². The fraction of sp³-hybridized carbons (Fsp3) is 0.500. The quantitative estimate of drug-likeness (QED) is 0.825. The molecule has 2 N–H and O–H groups in total. The zero-order valence-corrected chi connectivity index (χ0v) is 10.4. The molecule has 1 aromatic heterocycles. The Hall–Kier alpha value is -1.34. The van der Waals surface area contributed by atoms with Crippen LogP contribution in [-0.2, 0) is 17.1 Å². The Morgan fingerprint density at radius 2 is 2.12 bits per heavy atom. The molecule has 1 fully saturated rings. The van der Waals surface area contributed by atoms with Crippen LogP contribution in [0.2, 0.25) is 0 Å². The standard InChI is InChI=1S/C10H14N2O4S/c1-10(3-4-10)11-17(15,16)7-5-8(9(13)14)12(2)6-7/h5-6,11H,3-4H2,1-2H3,(H,13,14). The molecule has 1 saturated carbocycles. The minimum Gasteiger partial charge on any atom is -0.477 e. The van der Waals surface area contributed by atoms with Crippen molar-refractivity contribution in [2.45, 2.75) is 30.2 Å². The summed E-state index contributed by atoms with van der Waals surface area (Å²) in [6, 6.07) is 1.16. The highest BCUT2D eigenvalue weighted by molar-refractivity contribution is 7.89. The van der Waals surface area contributed by atoms with Crippen LogP contribution >= 0.6 is 0 Å². The first-order chi connectivity index (χ1) is 7.73. The second-order valence-corrected chi connectivity index (χ2v) is 6.33. The number of aromatic nitrogens is 1. The molecule has 0 unspecified atom stereocenters. The summed E-state index contributed by atoms with van der Waals surface area (Å²) >= 11 is 0. The molecular weight excluding hydrogens is 244 g/mol. The van der Waals surface area contributed by atoms with Crippen LogP contribution < -0.4 is 4.72 Å². The predicted octanol–water partition coefficient (Wildman–Crippen LogP) is 0.554. The molecule has 0 aromatic carbocycles. The van der Waals surface area contributed by atoms with Gasteiger partial charge in [-0.3, -0.25) is 0 Å². The van der Waals surface area contributed by atoms with Gasteiger partial charge in [-0.05, 0) is 25.8 Å². The maximum absolute atomic E-state index is 12.0. The van der Waals surface area contributed by atoms with Gasteiger partial charge in [0.2, 0.25) is 10.0 Å². The molecule has 0 amide bonds. The van der Waals surface area contributed by atoms with E-state index in [1.54, 1.807) is 0 Å². The van der Waals surface area contributed by atoms with Gasteiger partial charge in [0, 0.05) is 18.8 Å². The molecule has 6 nitrogen and oxygen atoms in total. The summed E-state index contributed by atoms with van der Waals surface area (Å²) in [6.07, 6.45) is 2.92. The van der Waals surface area contributed by atoms with Gasteiger partial charge >= 0.3 is 5.97 Å². The second kappa shape index (κ2) is 3.58. The lowest BCUT2D eigenvalue weighted by molar-refractivity contribution is 0.0686. The number of rotatable bonds is 4. The van der Waals surface area contributed by atoms with E-state index >= 15 is 0 Å². The van der Waals surface area contributed by atoms with E-state index in [1.807, 2.05) is 6.92 Å². The highest BCUT2D eigenvalue weighted by Gasteiger charge is 2.41. The Balaban J connectivity index is 2.33. The Kier molecular flexibility index (Phi) is 2.55. The van der Waals surface area contributed by atoms with Crippen LogP contribution in [0.5, 0.6) is 0 Å². The number of carboxylic acids is 1. The number of hydrogen-bond acceptors (Lipinski definition) is 3. The average Bonchev–Trinajstić information content (AvgIpc) is 2.75. The number of carboxylic acid groups (broad SMARTS) is 1. The molecule has 1 heterocycles. The first kappa shape index (κ1) is 12.1. The molecule has 7 heteroatoms. The number of nitrogens with zero attached hydrogens (tertiary/aromatic N) is 1. The van der Waals surface area contributed by atoms with Crippen LogP contribution in [0.25, 0.3) is 0 Å². The monoisotopic (exact) mass is 258 g/mol. The van der Waals surface area contributed by atoms with E-state index in [2.05, 4.69) is 4.72 Å². The number of aryl methyl sites for hydroxylation is 1. The topological polar surface area (TPSA) is 88.4 Å². The average molecular weight is 258 g/mol. The van der Waals surface area contributed by atoms with Crippen LogP contribution in [-0.4, -0.2) is 29.6 Å². The summed E-state index contributed by atoms with van der Waals surface area (Å²) in [5, 5.41) is 8.85. The van der Waals surface area contributed by atoms with Crippen LogP contribution in [0.1, 0.15) is 30.3 Å². The smallest absolute Gasteiger partial charge is 0.352 e. The molecule has 1 aliphatic rings. The summed E-state index contributed by atoms with van der Waals surface area (Å²) in [5.41, 5.74) is -0.413. The normalized spacial score (nSPS) is 18.0. The van der Waals surface area contributed by atoms with Crippen molar-refractivity contribution in [3.63, 3.8) is 0 Å². The lowest BCUT2D eigenvalue weighted by atomic mass is 10.4. The lowest BCUT2D eigenvalue weighted by Crippen LogP contribution is -2.34. The third-order valence-corrected chi connectivity index (χ3v) is 4.50. The van der Waals surface area contributed by atoms with Crippen LogP contribution in [0, 0.1) is 0 Å². The summed E-state index contributed by atoms with van der Waals surface area (Å²) < 4.78 is 27.8. The van der Waals surface area contributed by atoms with Gasteiger partial charge in [-0.2, -0.15) is 0 Å². The van der Waals surface area contributed by atoms with Crippen molar-refractivity contribution in [2.24, 2.45) is 7.05 Å². The second-order valence-electron chi connectivity index (χ2n) is 4.64. The van der Waals surface area contributed by atoms with E-state index in [9.17, 15) is 13.2 Å². The van der Waals surface area contributed by atoms with Crippen molar-refractivity contribution < 1.29 is 18.3 Å². The fourth-order valence-corrected chi connectivity index (χ4v) is 3.10. The molecule has 1 aromatic rings. The third-order valence-electron chi connectivity index (χ3n) is 2.89. The van der Waals surface area contributed by atoms with Crippen molar-refractivity contribution in [3.8, 4) is 0 Å². The third kappa shape index (κ3) is 2.34. The number of nitrogens with one attached hydrogen (secondary N) is 1. The molecule has 94 valence electrons. The van der Waals surface area contributed by atoms with Gasteiger partial charge in [0.25, 0.3) is 0 Å². The highest BCUT2D eigenvalue weighted by atomic mass is 32.2. The van der Waals surface area contributed by atoms with E-state index in [-0.39, 0.29) is 16.1 Å². The number of sulfonamides is 1. The number of carbonyl (C=O) groups is 1. The largest absolute Gasteiger partial charge is 0.477 e. The van der Waals surface area contributed by atoms with Crippen molar-refractivity contribution in [1.29, 1.82) is 0 Å². The Morgan fingerprint density at radius 3 is 2.53 bits per heavy atom. The van der Waals surface area contributed by atoms with Crippen LogP contribution in [0.3, 0.4) is 0 Å². The van der Waals surface area contributed by atoms with E-state index in [4.69, 9.17) is 5.11 Å². The van der Waals surface area contributed by atoms with E-state index in [1.165, 1.54) is 17.8 Å². The predicted molar refractivity (Wildman–Crippen MR) is 60.3 cm³/mol. The molecule has 2 rings (SSSR count). The van der Waals surface area contributed by atoms with Crippen molar-refractivity contribution in [2.75, 3.05) is 0 Å². The van der Waals surface area contributed by atoms with Gasteiger partial charge in [0.15, 0.2) is 0 Å². The summed E-state index contributed by atoms with van der Waals surface area (Å²) in [4.78, 5) is 10.8. The number of aromatic carboxylic acids is 1. The van der Waals surface area contributed by atoms with Crippen LogP contribution in [0.15, 0.2) is 17.2 Å². The molecular formula is C10H14N2O4S. The van der Waals surface area contributed by atoms with Crippen molar-refractivity contribution in [1.82, 2.24) is 9.29 Å². The van der Waals surface area contributed by atoms with E-state index in [0.29, 0.717) is 0 Å². The molecule has 0 aliphatic heterocycles. The highest BCUT2D eigenvalue weighted by Crippen LogP contribution is 2.36. The Bertz CT molecular complexity index is 569. The van der Waals surface area contributed by atoms with Gasteiger partial charge in [-0.1, -0.05) is 0 Å². The maximum Gasteiger partial charge on any atom is 0.352 e. The zero-order valence-electron chi connectivity index (χ0n) is 9.60. The maximum atomic E-state index is 12.0. The SMILES string of the molecule is Cn1cc(S(=O)(=O)NC2(C)CC2)cc1C(=O)O. The Labute approximate surface area is 99.3 Å². The van der Waals surface area contributed by atoms with Crippen molar-refractivity contribution in [3.05, 3.63) is 18.0 Å². The minimum absolute atomic E-state index is 0.00877. The van der Waals surface area contributed by atoms with Gasteiger partial charge in [-0.25, -0.2) is 17.9 Å². The zero-order chi connectivity index (χ0) is 12.8. The molecule has 0 atom stereocenters. The number of hydrogen-bond donors (Lipinski definition) is 2. The summed E-state index contributed by atoms with van der Waals surface area (Å²) in [5.74, 6) is -1.15. The Morgan fingerprint density at radius 1 is 1.53 bits per heavy atom. The minimum atomic E-state index is -3.62. The van der Waals surface area contributed by atoms with Gasteiger partial charge in [0.05, 0.1) is 0 Å². The van der Waals surface area contributed by atoms with Crippen molar-refractivity contribution >= 4 is 16.0 Å². The van der Waals surface area contributed by atoms with Gasteiger partial charge in [0.1, 0.15) is 10.6 Å². The molecule has 0 radical (unpaired) electrons. The first-order valence-electron chi connectivity index (χ1n) is 5.17. The van der Waals surface area contributed by atoms with Gasteiger partial charge in [-0.15, -0.1) is 0 Å². The molecule has 0 bridgehead atoms.